The molecule has 2 nitrogen and oxygen atoms in total. The first-order chi connectivity index (χ1) is 8.08. The summed E-state index contributed by atoms with van der Waals surface area (Å²) in [7, 11) is 0. The van der Waals surface area contributed by atoms with Crippen molar-refractivity contribution in [2.24, 2.45) is 5.41 Å². The zero-order chi connectivity index (χ0) is 12.4. The van der Waals surface area contributed by atoms with Crippen molar-refractivity contribution in [1.82, 2.24) is 10.3 Å². The second-order valence-electron chi connectivity index (χ2n) is 5.97. The van der Waals surface area contributed by atoms with Crippen LogP contribution in [0, 0.1) is 5.41 Å². The third kappa shape index (κ3) is 2.89. The number of hydrogen-bond acceptors (Lipinski definition) is 3. The van der Waals surface area contributed by atoms with Crippen molar-refractivity contribution < 1.29 is 0 Å². The molecule has 0 aliphatic heterocycles. The summed E-state index contributed by atoms with van der Waals surface area (Å²) in [6.07, 6.45) is 8.33. The van der Waals surface area contributed by atoms with Crippen molar-refractivity contribution in [3.8, 4) is 0 Å². The molecule has 1 N–H and O–H groups in total. The first-order valence-corrected chi connectivity index (χ1v) is 7.61. The van der Waals surface area contributed by atoms with E-state index in [1.165, 1.54) is 37.1 Å². The first-order valence-electron chi connectivity index (χ1n) is 6.73. The zero-order valence-electron chi connectivity index (χ0n) is 11.3. The molecule has 1 aliphatic carbocycles. The van der Waals surface area contributed by atoms with Crippen molar-refractivity contribution in [1.29, 1.82) is 0 Å². The summed E-state index contributed by atoms with van der Waals surface area (Å²) in [5, 5.41) is 7.12. The van der Waals surface area contributed by atoms with Gasteiger partial charge in [-0.15, -0.1) is 11.3 Å². The van der Waals surface area contributed by atoms with Crippen LogP contribution in [0.15, 0.2) is 11.6 Å². The molecule has 1 aliphatic rings. The van der Waals surface area contributed by atoms with E-state index in [-0.39, 0.29) is 5.54 Å². The van der Waals surface area contributed by atoms with Gasteiger partial charge < -0.3 is 5.32 Å². The van der Waals surface area contributed by atoms with Gasteiger partial charge in [0.05, 0.1) is 5.54 Å². The summed E-state index contributed by atoms with van der Waals surface area (Å²) in [6, 6.07) is 0. The maximum Gasteiger partial charge on any atom is 0.113 e. The second kappa shape index (κ2) is 5.07. The van der Waals surface area contributed by atoms with E-state index in [9.17, 15) is 0 Å². The molecule has 1 aromatic rings. The summed E-state index contributed by atoms with van der Waals surface area (Å²) in [4.78, 5) is 4.58. The van der Waals surface area contributed by atoms with Gasteiger partial charge in [-0.1, -0.05) is 27.2 Å². The molecule has 0 bridgehead atoms. The number of rotatable bonds is 3. The number of hydrogen-bond donors (Lipinski definition) is 1. The van der Waals surface area contributed by atoms with E-state index >= 15 is 0 Å². The van der Waals surface area contributed by atoms with Gasteiger partial charge in [0.25, 0.3) is 0 Å². The topological polar surface area (TPSA) is 24.9 Å². The minimum absolute atomic E-state index is 0.149. The van der Waals surface area contributed by atoms with Crippen molar-refractivity contribution in [2.45, 2.75) is 58.4 Å². The van der Waals surface area contributed by atoms with Crippen LogP contribution in [0.4, 0.5) is 0 Å². The minimum atomic E-state index is 0.149. The third-order valence-electron chi connectivity index (χ3n) is 4.04. The van der Waals surface area contributed by atoms with Crippen LogP contribution in [0.25, 0.3) is 0 Å². The van der Waals surface area contributed by atoms with Gasteiger partial charge in [0, 0.05) is 11.6 Å². The van der Waals surface area contributed by atoms with Crippen LogP contribution in [0.5, 0.6) is 0 Å². The van der Waals surface area contributed by atoms with Crippen LogP contribution in [-0.2, 0) is 5.54 Å². The summed E-state index contributed by atoms with van der Waals surface area (Å²) >= 11 is 1.80. The fraction of sp³-hybridized carbons (Fsp3) is 0.786. The summed E-state index contributed by atoms with van der Waals surface area (Å²) in [5.41, 5.74) is 0.644. The van der Waals surface area contributed by atoms with Gasteiger partial charge in [0.2, 0.25) is 0 Å². The fourth-order valence-electron chi connectivity index (χ4n) is 2.93. The number of nitrogens with one attached hydrogen (secondary N) is 1. The molecule has 1 aromatic heterocycles. The largest absolute Gasteiger partial charge is 0.306 e. The van der Waals surface area contributed by atoms with E-state index in [1.807, 2.05) is 6.20 Å². The Bertz CT molecular complexity index is 345. The highest BCUT2D eigenvalue weighted by Gasteiger charge is 2.38. The molecule has 96 valence electrons. The average Bonchev–Trinajstić information content (AvgIpc) is 2.75. The zero-order valence-corrected chi connectivity index (χ0v) is 12.1. The summed E-state index contributed by atoms with van der Waals surface area (Å²) in [5.74, 6) is 0. The van der Waals surface area contributed by atoms with Crippen LogP contribution in [0.1, 0.15) is 57.9 Å². The molecule has 0 amide bonds. The lowest BCUT2D eigenvalue weighted by Crippen LogP contribution is -2.42. The Morgan fingerprint density at radius 1 is 1.29 bits per heavy atom. The predicted octanol–water partition coefficient (Wildman–Crippen LogP) is 3.94. The summed E-state index contributed by atoms with van der Waals surface area (Å²) in [6.45, 7) is 8.03. The smallest absolute Gasteiger partial charge is 0.113 e. The van der Waals surface area contributed by atoms with Crippen molar-refractivity contribution in [3.05, 3.63) is 16.6 Å². The van der Waals surface area contributed by atoms with Crippen LogP contribution in [0.2, 0.25) is 0 Å². The van der Waals surface area contributed by atoms with Gasteiger partial charge >= 0.3 is 0 Å². The first kappa shape index (κ1) is 13.0. The van der Waals surface area contributed by atoms with Gasteiger partial charge in [-0.05, 0) is 37.6 Å². The van der Waals surface area contributed by atoms with E-state index in [2.05, 4.69) is 36.5 Å². The quantitative estimate of drug-likeness (QED) is 0.824. The summed E-state index contributed by atoms with van der Waals surface area (Å²) < 4.78 is 0. The molecule has 3 heteroatoms. The molecule has 1 unspecified atom stereocenters. The van der Waals surface area contributed by atoms with E-state index in [0.29, 0.717) is 5.41 Å². The van der Waals surface area contributed by atoms with Gasteiger partial charge in [-0.3, -0.25) is 0 Å². The molecule has 0 spiro atoms. The van der Waals surface area contributed by atoms with Gasteiger partial charge in [-0.2, -0.15) is 0 Å². The highest BCUT2D eigenvalue weighted by Crippen LogP contribution is 2.43. The second-order valence-corrected chi connectivity index (χ2v) is 6.86. The monoisotopic (exact) mass is 252 g/mol. The van der Waals surface area contributed by atoms with Crippen LogP contribution >= 0.6 is 11.3 Å². The number of aromatic nitrogens is 1. The van der Waals surface area contributed by atoms with E-state index < -0.39 is 0 Å². The highest BCUT2D eigenvalue weighted by molar-refractivity contribution is 7.09. The Morgan fingerprint density at radius 3 is 2.76 bits per heavy atom. The van der Waals surface area contributed by atoms with Crippen LogP contribution < -0.4 is 5.32 Å². The van der Waals surface area contributed by atoms with Crippen molar-refractivity contribution in [2.75, 3.05) is 6.54 Å². The van der Waals surface area contributed by atoms with E-state index in [0.717, 1.165) is 6.54 Å². The molecular weight excluding hydrogens is 228 g/mol. The Balaban J connectivity index is 2.23. The lowest BCUT2D eigenvalue weighted by Gasteiger charge is -2.32. The van der Waals surface area contributed by atoms with Gasteiger partial charge in [0.1, 0.15) is 5.01 Å². The maximum absolute atomic E-state index is 4.58. The molecule has 2 rings (SSSR count). The normalized spacial score (nSPS) is 28.9. The molecular formula is C14H24N2S. The molecule has 17 heavy (non-hydrogen) atoms. The molecule has 1 atom stereocenters. The Morgan fingerprint density at radius 2 is 2.12 bits per heavy atom. The van der Waals surface area contributed by atoms with Gasteiger partial charge in [0.15, 0.2) is 0 Å². The molecule has 0 saturated heterocycles. The molecule has 1 saturated carbocycles. The van der Waals surface area contributed by atoms with Crippen LogP contribution in [0.3, 0.4) is 0 Å². The van der Waals surface area contributed by atoms with Crippen LogP contribution in [-0.4, -0.2) is 11.5 Å². The molecule has 1 fully saturated rings. The Kier molecular flexibility index (Phi) is 3.88. The predicted molar refractivity (Wildman–Crippen MR) is 74.3 cm³/mol. The SMILES string of the molecule is CCNC1(c2nccs2)CCCC(C)(C)CC1. The molecule has 0 radical (unpaired) electrons. The molecule has 0 aromatic carbocycles. The maximum atomic E-state index is 4.58. The average molecular weight is 252 g/mol. The van der Waals surface area contributed by atoms with Crippen molar-refractivity contribution >= 4 is 11.3 Å². The Hall–Kier alpha value is -0.410. The molecule has 1 heterocycles. The lowest BCUT2D eigenvalue weighted by atomic mass is 9.83. The third-order valence-corrected chi connectivity index (χ3v) is 5.02. The number of thiazole rings is 1. The standard InChI is InChI=1S/C14H24N2S/c1-4-16-14(12-15-10-11-17-12)7-5-6-13(2,3)8-9-14/h10-11,16H,4-9H2,1-3H3. The van der Waals surface area contributed by atoms with Gasteiger partial charge in [-0.25, -0.2) is 4.98 Å². The lowest BCUT2D eigenvalue weighted by molar-refractivity contribution is 0.267. The number of nitrogens with zero attached hydrogens (tertiary/aromatic N) is 1. The minimum Gasteiger partial charge on any atom is -0.306 e. The highest BCUT2D eigenvalue weighted by atomic mass is 32.1. The van der Waals surface area contributed by atoms with Crippen molar-refractivity contribution in [3.63, 3.8) is 0 Å². The fourth-order valence-corrected chi connectivity index (χ4v) is 3.81. The van der Waals surface area contributed by atoms with E-state index in [4.69, 9.17) is 0 Å². The van der Waals surface area contributed by atoms with E-state index in [1.54, 1.807) is 11.3 Å². The Labute approximate surface area is 109 Å².